The van der Waals surface area contributed by atoms with Crippen LogP contribution >= 0.6 is 11.6 Å². The van der Waals surface area contributed by atoms with Gasteiger partial charge in [-0.2, -0.15) is 0 Å². The van der Waals surface area contributed by atoms with E-state index in [1.807, 2.05) is 0 Å². The average molecular weight is 495 g/mol. The molecular weight excluding hydrogens is 476 g/mol. The fourth-order valence-corrected chi connectivity index (χ4v) is 5.73. The molecule has 0 aromatic heterocycles. The summed E-state index contributed by atoms with van der Waals surface area (Å²) in [4.78, 5) is 0.0800. The van der Waals surface area contributed by atoms with Gasteiger partial charge in [-0.25, -0.2) is 16.8 Å². The molecule has 2 N–H and O–H groups in total. The van der Waals surface area contributed by atoms with Crippen LogP contribution in [0.25, 0.3) is 0 Å². The molecule has 1 heterocycles. The van der Waals surface area contributed by atoms with Crippen molar-refractivity contribution in [3.05, 3.63) is 71.2 Å². The van der Waals surface area contributed by atoms with Crippen LogP contribution in [0.4, 0.5) is 11.4 Å². The first-order valence-corrected chi connectivity index (χ1v) is 12.8. The molecule has 0 fully saturated rings. The molecule has 168 valence electrons. The first kappa shape index (κ1) is 22.3. The van der Waals surface area contributed by atoms with Crippen molar-refractivity contribution in [2.24, 2.45) is 0 Å². The monoisotopic (exact) mass is 494 g/mol. The molecule has 0 saturated carbocycles. The van der Waals surface area contributed by atoms with Gasteiger partial charge in [0.1, 0.15) is 13.2 Å². The zero-order valence-corrected chi connectivity index (χ0v) is 19.2. The number of aryl methyl sites for hydroxylation is 1. The summed E-state index contributed by atoms with van der Waals surface area (Å²) in [6.07, 6.45) is 0. The van der Waals surface area contributed by atoms with Crippen LogP contribution in [-0.2, 0) is 20.0 Å². The molecular formula is C21H19ClN2O6S2. The second-order valence-corrected chi connectivity index (χ2v) is 10.8. The van der Waals surface area contributed by atoms with Gasteiger partial charge in [0.2, 0.25) is 0 Å². The van der Waals surface area contributed by atoms with Gasteiger partial charge in [-0.1, -0.05) is 17.7 Å². The van der Waals surface area contributed by atoms with E-state index >= 15 is 0 Å². The van der Waals surface area contributed by atoms with E-state index < -0.39 is 20.0 Å². The molecule has 0 atom stereocenters. The Labute approximate surface area is 191 Å². The van der Waals surface area contributed by atoms with E-state index in [-0.39, 0.29) is 21.2 Å². The molecule has 3 aromatic carbocycles. The minimum Gasteiger partial charge on any atom is -0.486 e. The second kappa shape index (κ2) is 8.53. The van der Waals surface area contributed by atoms with E-state index in [0.717, 1.165) is 0 Å². The lowest BCUT2D eigenvalue weighted by Crippen LogP contribution is -2.17. The van der Waals surface area contributed by atoms with E-state index in [9.17, 15) is 16.8 Å². The normalized spacial score (nSPS) is 13.4. The third-order valence-electron chi connectivity index (χ3n) is 4.65. The highest BCUT2D eigenvalue weighted by Crippen LogP contribution is 2.33. The Balaban J connectivity index is 1.51. The number of nitrogens with one attached hydrogen (secondary N) is 2. The lowest BCUT2D eigenvalue weighted by molar-refractivity contribution is 0.171. The first-order valence-electron chi connectivity index (χ1n) is 9.46. The summed E-state index contributed by atoms with van der Waals surface area (Å²) < 4.78 is 66.6. The van der Waals surface area contributed by atoms with Gasteiger partial charge in [-0.15, -0.1) is 0 Å². The van der Waals surface area contributed by atoms with Crippen LogP contribution in [0.5, 0.6) is 11.5 Å². The highest BCUT2D eigenvalue weighted by Gasteiger charge is 2.20. The fourth-order valence-electron chi connectivity index (χ4n) is 3.08. The van der Waals surface area contributed by atoms with Gasteiger partial charge < -0.3 is 9.47 Å². The summed E-state index contributed by atoms with van der Waals surface area (Å²) in [7, 11) is -7.75. The van der Waals surface area contributed by atoms with Crippen LogP contribution in [0.3, 0.4) is 0 Å². The van der Waals surface area contributed by atoms with Crippen molar-refractivity contribution in [2.45, 2.75) is 16.7 Å². The van der Waals surface area contributed by atoms with E-state index in [2.05, 4.69) is 9.44 Å². The second-order valence-electron chi connectivity index (χ2n) is 7.00. The molecule has 0 amide bonds. The van der Waals surface area contributed by atoms with E-state index in [4.69, 9.17) is 21.1 Å². The molecule has 4 rings (SSSR count). The minimum atomic E-state index is -3.89. The number of hydrogen-bond acceptors (Lipinski definition) is 6. The molecule has 0 aliphatic carbocycles. The Morgan fingerprint density at radius 2 is 1.34 bits per heavy atom. The van der Waals surface area contributed by atoms with Crippen LogP contribution in [0.15, 0.2) is 70.5 Å². The van der Waals surface area contributed by atoms with Crippen molar-refractivity contribution in [3.63, 3.8) is 0 Å². The van der Waals surface area contributed by atoms with Crippen molar-refractivity contribution in [1.29, 1.82) is 0 Å². The summed E-state index contributed by atoms with van der Waals surface area (Å²) in [5.41, 5.74) is 1.08. The molecule has 0 unspecified atom stereocenters. The van der Waals surface area contributed by atoms with Crippen LogP contribution in [0.1, 0.15) is 5.56 Å². The standard InChI is InChI=1S/C21H19ClN2O6S2/c1-14-2-3-15(22)12-21(14)32(27,28)24-17-6-4-16(5-7-17)23-31(25,26)18-8-9-19-20(13-18)30-11-10-29-19/h2-9,12-13,23-24H,10-11H2,1H3. The van der Waals surface area contributed by atoms with E-state index in [1.165, 1.54) is 42.5 Å². The van der Waals surface area contributed by atoms with Crippen molar-refractivity contribution >= 4 is 43.0 Å². The van der Waals surface area contributed by atoms with Gasteiger partial charge in [-0.05, 0) is 61.0 Å². The zero-order chi connectivity index (χ0) is 22.9. The smallest absolute Gasteiger partial charge is 0.262 e. The number of fused-ring (bicyclic) bond motifs is 1. The summed E-state index contributed by atoms with van der Waals surface area (Å²) in [6.45, 7) is 2.42. The van der Waals surface area contributed by atoms with Gasteiger partial charge in [0, 0.05) is 22.5 Å². The largest absolute Gasteiger partial charge is 0.486 e. The molecule has 11 heteroatoms. The minimum absolute atomic E-state index is 0.0166. The highest BCUT2D eigenvalue weighted by atomic mass is 35.5. The van der Waals surface area contributed by atoms with Gasteiger partial charge in [0.05, 0.1) is 9.79 Å². The number of anilines is 2. The summed E-state index contributed by atoms with van der Waals surface area (Å²) in [5, 5.41) is 0.305. The molecule has 3 aromatic rings. The molecule has 0 spiro atoms. The molecule has 0 bridgehead atoms. The van der Waals surface area contributed by atoms with E-state index in [0.29, 0.717) is 35.3 Å². The number of halogens is 1. The third-order valence-corrected chi connectivity index (χ3v) is 7.79. The quantitative estimate of drug-likeness (QED) is 0.535. The van der Waals surface area contributed by atoms with Crippen LogP contribution in [0.2, 0.25) is 5.02 Å². The first-order chi connectivity index (χ1) is 15.1. The van der Waals surface area contributed by atoms with Crippen molar-refractivity contribution in [2.75, 3.05) is 22.7 Å². The van der Waals surface area contributed by atoms with Gasteiger partial charge in [0.25, 0.3) is 20.0 Å². The molecule has 32 heavy (non-hydrogen) atoms. The van der Waals surface area contributed by atoms with E-state index in [1.54, 1.807) is 25.1 Å². The Morgan fingerprint density at radius 1 is 0.750 bits per heavy atom. The number of hydrogen-bond donors (Lipinski definition) is 2. The van der Waals surface area contributed by atoms with Gasteiger partial charge >= 0.3 is 0 Å². The predicted molar refractivity (Wildman–Crippen MR) is 122 cm³/mol. The van der Waals surface area contributed by atoms with Crippen molar-refractivity contribution in [1.82, 2.24) is 0 Å². The molecule has 1 aliphatic rings. The molecule has 0 saturated heterocycles. The SMILES string of the molecule is Cc1ccc(Cl)cc1S(=O)(=O)Nc1ccc(NS(=O)(=O)c2ccc3c(c2)OCCO3)cc1. The number of rotatable bonds is 6. The average Bonchev–Trinajstić information content (AvgIpc) is 2.76. The Kier molecular flexibility index (Phi) is 5.93. The number of benzene rings is 3. The number of sulfonamides is 2. The maximum absolute atomic E-state index is 12.7. The molecule has 1 aliphatic heterocycles. The number of ether oxygens (including phenoxy) is 2. The third kappa shape index (κ3) is 4.77. The topological polar surface area (TPSA) is 111 Å². The Morgan fingerprint density at radius 3 is 2.00 bits per heavy atom. The van der Waals surface area contributed by atoms with Gasteiger partial charge in [-0.3, -0.25) is 9.44 Å². The maximum Gasteiger partial charge on any atom is 0.262 e. The highest BCUT2D eigenvalue weighted by molar-refractivity contribution is 7.93. The lowest BCUT2D eigenvalue weighted by Gasteiger charge is -2.19. The summed E-state index contributed by atoms with van der Waals surface area (Å²) in [6, 6.07) is 14.8. The lowest BCUT2D eigenvalue weighted by atomic mass is 10.2. The summed E-state index contributed by atoms with van der Waals surface area (Å²) in [5.74, 6) is 0.849. The fraction of sp³-hybridized carbons (Fsp3) is 0.143. The Hall–Kier alpha value is -2.95. The Bertz CT molecular complexity index is 1370. The van der Waals surface area contributed by atoms with Crippen LogP contribution in [0, 0.1) is 6.92 Å². The van der Waals surface area contributed by atoms with Crippen LogP contribution < -0.4 is 18.9 Å². The summed E-state index contributed by atoms with van der Waals surface area (Å²) >= 11 is 5.93. The molecule has 8 nitrogen and oxygen atoms in total. The maximum atomic E-state index is 12.7. The van der Waals surface area contributed by atoms with Crippen LogP contribution in [-0.4, -0.2) is 30.0 Å². The molecule has 0 radical (unpaired) electrons. The van der Waals surface area contributed by atoms with Crippen molar-refractivity contribution in [3.8, 4) is 11.5 Å². The predicted octanol–water partition coefficient (Wildman–Crippen LogP) is 4.02. The zero-order valence-electron chi connectivity index (χ0n) is 16.8. The van der Waals surface area contributed by atoms with Crippen molar-refractivity contribution < 1.29 is 26.3 Å². The van der Waals surface area contributed by atoms with Gasteiger partial charge in [0.15, 0.2) is 11.5 Å².